The predicted molar refractivity (Wildman–Crippen MR) is 119 cm³/mol. The van der Waals surface area contributed by atoms with Crippen LogP contribution in [0.1, 0.15) is 44.7 Å². The predicted octanol–water partition coefficient (Wildman–Crippen LogP) is 3.73. The normalized spacial score (nSPS) is 19.1. The third-order valence-corrected chi connectivity index (χ3v) is 5.79. The minimum Gasteiger partial charge on any atom is -0.491 e. The molecule has 166 valence electrons. The summed E-state index contributed by atoms with van der Waals surface area (Å²) in [5.74, 6) is 2.72. The lowest BCUT2D eigenvalue weighted by molar-refractivity contribution is -0.119. The number of methoxy groups -OCH3 is 1. The lowest BCUT2D eigenvalue weighted by Crippen LogP contribution is -2.25. The first kappa shape index (κ1) is 21.3. The summed E-state index contributed by atoms with van der Waals surface area (Å²) in [4.78, 5) is 18.0. The Kier molecular flexibility index (Phi) is 6.49. The van der Waals surface area contributed by atoms with Gasteiger partial charge in [-0.25, -0.2) is 4.98 Å². The van der Waals surface area contributed by atoms with E-state index < -0.39 is 0 Å². The maximum absolute atomic E-state index is 11.2. The van der Waals surface area contributed by atoms with E-state index in [2.05, 4.69) is 15.2 Å². The first-order chi connectivity index (χ1) is 15.0. The Morgan fingerprint density at radius 2 is 2.03 bits per heavy atom. The fourth-order valence-corrected chi connectivity index (χ4v) is 3.81. The summed E-state index contributed by atoms with van der Waals surface area (Å²) in [7, 11) is 1.65. The zero-order valence-corrected chi connectivity index (χ0v) is 18.5. The summed E-state index contributed by atoms with van der Waals surface area (Å²) in [6.45, 7) is 5.90. The van der Waals surface area contributed by atoms with E-state index in [4.69, 9.17) is 14.2 Å². The van der Waals surface area contributed by atoms with Crippen LogP contribution < -0.4 is 24.4 Å². The number of nitrogens with one attached hydrogen (secondary N) is 1. The van der Waals surface area contributed by atoms with Crippen LogP contribution in [0.25, 0.3) is 0 Å². The fraction of sp³-hybridized carbons (Fsp3) is 0.500. The summed E-state index contributed by atoms with van der Waals surface area (Å²) >= 11 is 0. The molecular formula is C24H31N3O4. The molecule has 2 aliphatic rings. The van der Waals surface area contributed by atoms with Crippen LogP contribution in [0.5, 0.6) is 17.4 Å². The number of carbonyl (C=O) groups excluding carboxylic acids is 1. The Hall–Kier alpha value is -2.96. The van der Waals surface area contributed by atoms with Gasteiger partial charge in [0.1, 0.15) is 11.9 Å². The van der Waals surface area contributed by atoms with Crippen molar-refractivity contribution in [2.24, 2.45) is 5.92 Å². The standard InChI is InChI=1S/C24H31N3O4/c1-16(26-17(2)28)19-6-8-21(9-7-19)31-22-10-11-27(14-22)20-12-23(29-3)24(25-13-20)30-15-18-4-5-18/h6-9,12-13,16,18,22H,4-5,10-11,14-15H2,1-3H3,(H,26,28)/t16-,22+/m0/s1. The van der Waals surface area contributed by atoms with E-state index in [1.807, 2.05) is 43.5 Å². The smallest absolute Gasteiger partial charge is 0.257 e. The van der Waals surface area contributed by atoms with E-state index in [0.29, 0.717) is 24.2 Å². The molecule has 4 rings (SSSR count). The number of hydrogen-bond donors (Lipinski definition) is 1. The minimum atomic E-state index is -0.0347. The number of aromatic nitrogens is 1. The molecule has 1 N–H and O–H groups in total. The lowest BCUT2D eigenvalue weighted by atomic mass is 10.1. The number of amides is 1. The average Bonchev–Trinajstić information content (AvgIpc) is 3.48. The quantitative estimate of drug-likeness (QED) is 0.660. The van der Waals surface area contributed by atoms with E-state index in [9.17, 15) is 4.79 Å². The van der Waals surface area contributed by atoms with Gasteiger partial charge in [0.25, 0.3) is 5.88 Å². The number of ether oxygens (including phenoxy) is 3. The number of anilines is 1. The number of pyridine rings is 1. The topological polar surface area (TPSA) is 72.9 Å². The minimum absolute atomic E-state index is 0.0211. The van der Waals surface area contributed by atoms with Crippen LogP contribution in [-0.2, 0) is 4.79 Å². The van der Waals surface area contributed by atoms with Crippen molar-refractivity contribution in [1.82, 2.24) is 10.3 Å². The summed E-state index contributed by atoms with van der Waals surface area (Å²) in [5.41, 5.74) is 2.07. The first-order valence-electron chi connectivity index (χ1n) is 11.0. The number of nitrogens with zero attached hydrogens (tertiary/aromatic N) is 2. The zero-order chi connectivity index (χ0) is 21.8. The van der Waals surface area contributed by atoms with Gasteiger partial charge in [-0.15, -0.1) is 0 Å². The summed E-state index contributed by atoms with van der Waals surface area (Å²) in [6.07, 6.45) is 5.38. The molecule has 2 heterocycles. The van der Waals surface area contributed by atoms with Gasteiger partial charge in [0.2, 0.25) is 5.91 Å². The van der Waals surface area contributed by atoms with Gasteiger partial charge in [-0.05, 0) is 43.4 Å². The highest BCUT2D eigenvalue weighted by molar-refractivity contribution is 5.73. The maximum atomic E-state index is 11.2. The van der Waals surface area contributed by atoms with Crippen molar-refractivity contribution in [2.45, 2.75) is 45.3 Å². The van der Waals surface area contributed by atoms with E-state index in [1.165, 1.54) is 19.8 Å². The van der Waals surface area contributed by atoms with Crippen molar-refractivity contribution >= 4 is 11.6 Å². The van der Waals surface area contributed by atoms with Gasteiger partial charge in [0, 0.05) is 26.0 Å². The molecule has 0 spiro atoms. The van der Waals surface area contributed by atoms with Crippen LogP contribution in [0.4, 0.5) is 5.69 Å². The van der Waals surface area contributed by atoms with E-state index in [-0.39, 0.29) is 18.1 Å². The molecule has 2 aromatic rings. The highest BCUT2D eigenvalue weighted by Crippen LogP contribution is 2.34. The lowest BCUT2D eigenvalue weighted by Gasteiger charge is -2.20. The fourth-order valence-electron chi connectivity index (χ4n) is 3.81. The SMILES string of the molecule is COc1cc(N2CC[C@@H](Oc3ccc([C@H](C)NC(C)=O)cc3)C2)cnc1OCC1CC1. The molecular weight excluding hydrogens is 394 g/mol. The number of carbonyl (C=O) groups is 1. The molecule has 2 atom stereocenters. The second kappa shape index (κ2) is 9.45. The first-order valence-corrected chi connectivity index (χ1v) is 11.0. The summed E-state index contributed by atoms with van der Waals surface area (Å²) < 4.78 is 17.5. The number of benzene rings is 1. The summed E-state index contributed by atoms with van der Waals surface area (Å²) in [6, 6.07) is 9.90. The molecule has 1 saturated carbocycles. The Labute approximate surface area is 183 Å². The molecule has 0 bridgehead atoms. The van der Waals surface area contributed by atoms with Gasteiger partial charge in [0.05, 0.1) is 38.2 Å². The summed E-state index contributed by atoms with van der Waals surface area (Å²) in [5, 5.41) is 2.89. The number of hydrogen-bond acceptors (Lipinski definition) is 6. The molecule has 1 aliphatic heterocycles. The van der Waals surface area contributed by atoms with Crippen LogP contribution in [0.3, 0.4) is 0 Å². The Balaban J connectivity index is 1.33. The molecule has 0 radical (unpaired) electrons. The molecule has 1 aromatic carbocycles. The van der Waals surface area contributed by atoms with Gasteiger partial charge in [-0.3, -0.25) is 4.79 Å². The Morgan fingerprint density at radius 3 is 2.71 bits per heavy atom. The molecule has 1 aromatic heterocycles. The van der Waals surface area contributed by atoms with Crippen LogP contribution >= 0.6 is 0 Å². The maximum Gasteiger partial charge on any atom is 0.257 e. The van der Waals surface area contributed by atoms with Gasteiger partial charge in [-0.2, -0.15) is 0 Å². The molecule has 1 aliphatic carbocycles. The molecule has 1 saturated heterocycles. The monoisotopic (exact) mass is 425 g/mol. The van der Waals surface area contributed by atoms with Crippen molar-refractivity contribution in [2.75, 3.05) is 31.7 Å². The third-order valence-electron chi connectivity index (χ3n) is 5.79. The van der Waals surface area contributed by atoms with E-state index in [0.717, 1.165) is 36.5 Å². The highest BCUT2D eigenvalue weighted by Gasteiger charge is 2.26. The van der Waals surface area contributed by atoms with Crippen molar-refractivity contribution in [3.05, 3.63) is 42.1 Å². The van der Waals surface area contributed by atoms with Gasteiger partial charge >= 0.3 is 0 Å². The third kappa shape index (κ3) is 5.60. The molecule has 1 amide bonds. The average molecular weight is 426 g/mol. The van der Waals surface area contributed by atoms with Gasteiger partial charge in [0.15, 0.2) is 5.75 Å². The van der Waals surface area contributed by atoms with Crippen molar-refractivity contribution in [3.63, 3.8) is 0 Å². The second-order valence-corrected chi connectivity index (χ2v) is 8.42. The van der Waals surface area contributed by atoms with Gasteiger partial charge < -0.3 is 24.4 Å². The van der Waals surface area contributed by atoms with Gasteiger partial charge in [-0.1, -0.05) is 12.1 Å². The zero-order valence-electron chi connectivity index (χ0n) is 18.5. The molecule has 31 heavy (non-hydrogen) atoms. The largest absolute Gasteiger partial charge is 0.491 e. The van der Waals surface area contributed by atoms with Crippen molar-refractivity contribution in [1.29, 1.82) is 0 Å². The molecule has 7 nitrogen and oxygen atoms in total. The molecule has 7 heteroatoms. The number of rotatable bonds is 9. The molecule has 2 fully saturated rings. The molecule has 0 unspecified atom stereocenters. The van der Waals surface area contributed by atoms with Crippen molar-refractivity contribution < 1.29 is 19.0 Å². The van der Waals surface area contributed by atoms with Crippen molar-refractivity contribution in [3.8, 4) is 17.4 Å². The van der Waals surface area contributed by atoms with E-state index >= 15 is 0 Å². The Morgan fingerprint density at radius 1 is 1.26 bits per heavy atom. The Bertz CT molecular complexity index is 898. The van der Waals surface area contributed by atoms with Crippen LogP contribution in [0.15, 0.2) is 36.5 Å². The van der Waals surface area contributed by atoms with Crippen LogP contribution in [-0.4, -0.2) is 43.8 Å². The van der Waals surface area contributed by atoms with Crippen LogP contribution in [0, 0.1) is 5.92 Å². The van der Waals surface area contributed by atoms with E-state index in [1.54, 1.807) is 7.11 Å². The second-order valence-electron chi connectivity index (χ2n) is 8.42. The highest BCUT2D eigenvalue weighted by atomic mass is 16.5. The van der Waals surface area contributed by atoms with Crippen LogP contribution in [0.2, 0.25) is 0 Å².